The average molecular weight is 301 g/mol. The highest BCUT2D eigenvalue weighted by Crippen LogP contribution is 2.26. The van der Waals surface area contributed by atoms with Crippen LogP contribution in [0.4, 0.5) is 5.82 Å². The Morgan fingerprint density at radius 2 is 2.19 bits per heavy atom. The van der Waals surface area contributed by atoms with Gasteiger partial charge in [-0.2, -0.15) is 11.8 Å². The van der Waals surface area contributed by atoms with Crippen molar-refractivity contribution in [3.63, 3.8) is 0 Å². The van der Waals surface area contributed by atoms with Gasteiger partial charge in [0.15, 0.2) is 0 Å². The number of amides is 1. The number of pyridine rings is 1. The van der Waals surface area contributed by atoms with Gasteiger partial charge >= 0.3 is 0 Å². The van der Waals surface area contributed by atoms with Gasteiger partial charge in [-0.1, -0.05) is 31.2 Å². The highest BCUT2D eigenvalue weighted by Gasteiger charge is 2.25. The zero-order valence-electron chi connectivity index (χ0n) is 12.1. The quantitative estimate of drug-likeness (QED) is 0.926. The Morgan fingerprint density at radius 1 is 1.43 bits per heavy atom. The molecule has 4 nitrogen and oxygen atoms in total. The number of rotatable bonds is 2. The number of hydrogen-bond donors (Lipinski definition) is 1. The summed E-state index contributed by atoms with van der Waals surface area (Å²) in [6, 6.07) is 7.70. The second-order valence-corrected chi connectivity index (χ2v) is 6.66. The molecule has 2 aromatic rings. The van der Waals surface area contributed by atoms with E-state index in [0.717, 1.165) is 36.0 Å². The molecule has 110 valence electrons. The Bertz CT molecular complexity index is 674. The third kappa shape index (κ3) is 2.70. The first-order valence-electron chi connectivity index (χ1n) is 7.24. The highest BCUT2D eigenvalue weighted by atomic mass is 32.2. The zero-order chi connectivity index (χ0) is 14.8. The van der Waals surface area contributed by atoms with Crippen LogP contribution in [0.2, 0.25) is 0 Å². The topological polar surface area (TPSA) is 59.2 Å². The van der Waals surface area contributed by atoms with Crippen molar-refractivity contribution < 1.29 is 4.79 Å². The highest BCUT2D eigenvalue weighted by molar-refractivity contribution is 8.00. The molecule has 0 saturated carbocycles. The summed E-state index contributed by atoms with van der Waals surface area (Å²) < 4.78 is 0. The van der Waals surface area contributed by atoms with Crippen molar-refractivity contribution in [3.05, 3.63) is 36.0 Å². The van der Waals surface area contributed by atoms with E-state index in [0.29, 0.717) is 16.6 Å². The van der Waals surface area contributed by atoms with Crippen molar-refractivity contribution in [2.45, 2.75) is 18.6 Å². The Balaban J connectivity index is 1.96. The Kier molecular flexibility index (Phi) is 4.01. The first-order valence-corrected chi connectivity index (χ1v) is 8.29. The van der Waals surface area contributed by atoms with Gasteiger partial charge in [-0.3, -0.25) is 4.79 Å². The SMILES string of the molecule is CCC1CN(C(=O)c2cnc(N)c3ccccc23)CCS1. The molecular weight excluding hydrogens is 282 g/mol. The van der Waals surface area contributed by atoms with E-state index < -0.39 is 0 Å². The summed E-state index contributed by atoms with van der Waals surface area (Å²) in [5.41, 5.74) is 6.56. The molecule has 2 N–H and O–H groups in total. The fourth-order valence-electron chi connectivity index (χ4n) is 2.71. The number of benzene rings is 1. The van der Waals surface area contributed by atoms with Crippen molar-refractivity contribution in [2.24, 2.45) is 0 Å². The van der Waals surface area contributed by atoms with E-state index in [1.165, 1.54) is 0 Å². The molecule has 1 aliphatic heterocycles. The summed E-state index contributed by atoms with van der Waals surface area (Å²) in [5, 5.41) is 2.28. The molecule has 1 unspecified atom stereocenters. The van der Waals surface area contributed by atoms with Gasteiger partial charge < -0.3 is 10.6 Å². The van der Waals surface area contributed by atoms with E-state index in [2.05, 4.69) is 11.9 Å². The fraction of sp³-hybridized carbons (Fsp3) is 0.375. The van der Waals surface area contributed by atoms with Crippen molar-refractivity contribution in [1.29, 1.82) is 0 Å². The summed E-state index contributed by atoms with van der Waals surface area (Å²) in [6.07, 6.45) is 2.71. The third-order valence-electron chi connectivity index (χ3n) is 3.94. The van der Waals surface area contributed by atoms with Crippen LogP contribution in [0.3, 0.4) is 0 Å². The predicted octanol–water partition coefficient (Wildman–Crippen LogP) is 2.78. The second-order valence-electron chi connectivity index (χ2n) is 5.25. The van der Waals surface area contributed by atoms with Gasteiger partial charge in [-0.25, -0.2) is 4.98 Å². The lowest BCUT2D eigenvalue weighted by Crippen LogP contribution is -2.41. The van der Waals surface area contributed by atoms with Crippen LogP contribution in [0.5, 0.6) is 0 Å². The van der Waals surface area contributed by atoms with Gasteiger partial charge in [0.2, 0.25) is 0 Å². The first-order chi connectivity index (χ1) is 10.2. The minimum absolute atomic E-state index is 0.0671. The van der Waals surface area contributed by atoms with Gasteiger partial charge in [0.05, 0.1) is 5.56 Å². The van der Waals surface area contributed by atoms with E-state index in [1.54, 1.807) is 6.20 Å². The maximum atomic E-state index is 12.8. The van der Waals surface area contributed by atoms with Gasteiger partial charge in [-0.05, 0) is 11.8 Å². The van der Waals surface area contributed by atoms with Gasteiger partial charge in [-0.15, -0.1) is 0 Å². The number of fused-ring (bicyclic) bond motifs is 1. The maximum absolute atomic E-state index is 12.8. The number of aromatic nitrogens is 1. The number of carbonyl (C=O) groups is 1. The smallest absolute Gasteiger partial charge is 0.256 e. The number of thioether (sulfide) groups is 1. The monoisotopic (exact) mass is 301 g/mol. The summed E-state index contributed by atoms with van der Waals surface area (Å²) in [5.74, 6) is 1.55. The Morgan fingerprint density at radius 3 is 2.95 bits per heavy atom. The van der Waals surface area contributed by atoms with E-state index in [1.807, 2.05) is 40.9 Å². The Hall–Kier alpha value is -1.75. The lowest BCUT2D eigenvalue weighted by molar-refractivity contribution is 0.0762. The van der Waals surface area contributed by atoms with E-state index >= 15 is 0 Å². The normalized spacial score (nSPS) is 18.9. The minimum atomic E-state index is 0.0671. The standard InChI is InChI=1S/C16H19N3OS/c1-2-11-10-19(7-8-21-11)16(20)14-9-18-15(17)13-6-4-3-5-12(13)14/h3-6,9,11H,2,7-8,10H2,1H3,(H2,17,18). The van der Waals surface area contributed by atoms with Crippen LogP contribution in [0.15, 0.2) is 30.5 Å². The number of anilines is 1. The number of nitrogens with two attached hydrogens (primary N) is 1. The molecule has 1 saturated heterocycles. The van der Waals surface area contributed by atoms with Crippen molar-refractivity contribution in [2.75, 3.05) is 24.6 Å². The van der Waals surface area contributed by atoms with Gasteiger partial charge in [0.25, 0.3) is 5.91 Å². The molecule has 0 spiro atoms. The molecule has 0 bridgehead atoms. The molecule has 0 radical (unpaired) electrons. The van der Waals surface area contributed by atoms with Crippen LogP contribution in [-0.2, 0) is 0 Å². The molecule has 1 aliphatic rings. The number of hydrogen-bond acceptors (Lipinski definition) is 4. The molecule has 1 aromatic heterocycles. The number of nitrogen functional groups attached to an aromatic ring is 1. The van der Waals surface area contributed by atoms with E-state index in [9.17, 15) is 4.79 Å². The number of carbonyl (C=O) groups excluding carboxylic acids is 1. The lowest BCUT2D eigenvalue weighted by Gasteiger charge is -2.32. The molecule has 21 heavy (non-hydrogen) atoms. The molecule has 1 atom stereocenters. The summed E-state index contributed by atoms with van der Waals surface area (Å²) in [7, 11) is 0. The molecular formula is C16H19N3OS. The van der Waals surface area contributed by atoms with E-state index in [-0.39, 0.29) is 5.91 Å². The van der Waals surface area contributed by atoms with Crippen LogP contribution in [0, 0.1) is 0 Å². The zero-order valence-corrected chi connectivity index (χ0v) is 12.9. The van der Waals surface area contributed by atoms with Crippen LogP contribution in [0.1, 0.15) is 23.7 Å². The van der Waals surface area contributed by atoms with Gasteiger partial charge in [0.1, 0.15) is 5.82 Å². The molecule has 2 heterocycles. The maximum Gasteiger partial charge on any atom is 0.256 e. The van der Waals surface area contributed by atoms with Crippen LogP contribution < -0.4 is 5.73 Å². The van der Waals surface area contributed by atoms with Crippen LogP contribution >= 0.6 is 11.8 Å². The van der Waals surface area contributed by atoms with Crippen LogP contribution in [0.25, 0.3) is 10.8 Å². The fourth-order valence-corrected chi connectivity index (χ4v) is 3.89. The molecule has 1 amide bonds. The number of nitrogens with zero attached hydrogens (tertiary/aromatic N) is 2. The summed E-state index contributed by atoms with van der Waals surface area (Å²) in [6.45, 7) is 3.79. The van der Waals surface area contributed by atoms with E-state index in [4.69, 9.17) is 5.73 Å². The second kappa shape index (κ2) is 5.93. The molecule has 1 fully saturated rings. The molecule has 5 heteroatoms. The van der Waals surface area contributed by atoms with Crippen LogP contribution in [-0.4, -0.2) is 39.9 Å². The van der Waals surface area contributed by atoms with Gasteiger partial charge in [0, 0.05) is 35.7 Å². The molecule has 3 rings (SSSR count). The third-order valence-corrected chi connectivity index (χ3v) is 5.31. The summed E-state index contributed by atoms with van der Waals surface area (Å²) in [4.78, 5) is 19.0. The first kappa shape index (κ1) is 14.2. The van der Waals surface area contributed by atoms with Crippen molar-refractivity contribution >= 4 is 34.3 Å². The van der Waals surface area contributed by atoms with Crippen molar-refractivity contribution in [1.82, 2.24) is 9.88 Å². The lowest BCUT2D eigenvalue weighted by atomic mass is 10.1. The minimum Gasteiger partial charge on any atom is -0.383 e. The predicted molar refractivity (Wildman–Crippen MR) is 88.6 cm³/mol. The van der Waals surface area contributed by atoms with Crippen molar-refractivity contribution in [3.8, 4) is 0 Å². The largest absolute Gasteiger partial charge is 0.383 e. The molecule has 1 aromatic carbocycles. The summed E-state index contributed by atoms with van der Waals surface area (Å²) >= 11 is 1.96. The Labute approximate surface area is 128 Å². The molecule has 0 aliphatic carbocycles. The average Bonchev–Trinajstić information content (AvgIpc) is 2.55.